The molecule has 23 heavy (non-hydrogen) atoms. The number of amides is 1. The van der Waals surface area contributed by atoms with E-state index in [0.717, 1.165) is 10.0 Å². The Hall–Kier alpha value is -2.21. The average molecular weight is 378 g/mol. The number of halogens is 1. The summed E-state index contributed by atoms with van der Waals surface area (Å²) in [5, 5.41) is 2.90. The number of carbonyl (C=O) groups is 1. The Balaban J connectivity index is 1.94. The zero-order valence-electron chi connectivity index (χ0n) is 12.8. The minimum atomic E-state index is -0.268. The van der Waals surface area contributed by atoms with Crippen molar-refractivity contribution in [1.29, 1.82) is 0 Å². The molecule has 0 unspecified atom stereocenters. The van der Waals surface area contributed by atoms with Crippen molar-refractivity contribution < 1.29 is 19.0 Å². The fraction of sp³-hybridized carbons (Fsp3) is 0.235. The van der Waals surface area contributed by atoms with Crippen LogP contribution in [0.5, 0.6) is 17.2 Å². The first-order valence-electron chi connectivity index (χ1n) is 7.14. The number of hydrogen-bond donors (Lipinski definition) is 1. The van der Waals surface area contributed by atoms with Gasteiger partial charge in [-0.2, -0.15) is 0 Å². The molecule has 0 bridgehead atoms. The first kappa shape index (κ1) is 15.7. The van der Waals surface area contributed by atoms with Crippen LogP contribution >= 0.6 is 15.9 Å². The Bertz CT molecular complexity index is 760. The Morgan fingerprint density at radius 2 is 2.04 bits per heavy atom. The van der Waals surface area contributed by atoms with Gasteiger partial charge in [0.1, 0.15) is 19.0 Å². The number of anilines is 1. The lowest BCUT2D eigenvalue weighted by Crippen LogP contribution is -2.20. The van der Waals surface area contributed by atoms with E-state index in [1.54, 1.807) is 25.3 Å². The van der Waals surface area contributed by atoms with Crippen LogP contribution in [-0.2, 0) is 0 Å². The van der Waals surface area contributed by atoms with Gasteiger partial charge in [0.15, 0.2) is 11.5 Å². The van der Waals surface area contributed by atoms with Crippen LogP contribution in [0.3, 0.4) is 0 Å². The molecule has 0 atom stereocenters. The van der Waals surface area contributed by atoms with Crippen LogP contribution < -0.4 is 19.5 Å². The highest BCUT2D eigenvalue weighted by Gasteiger charge is 2.21. The zero-order valence-corrected chi connectivity index (χ0v) is 14.4. The van der Waals surface area contributed by atoms with Crippen molar-refractivity contribution in [1.82, 2.24) is 0 Å². The summed E-state index contributed by atoms with van der Waals surface area (Å²) in [6.45, 7) is 2.82. The highest BCUT2D eigenvalue weighted by atomic mass is 79.9. The largest absolute Gasteiger partial charge is 0.495 e. The van der Waals surface area contributed by atoms with Crippen molar-refractivity contribution in [2.75, 3.05) is 25.6 Å². The predicted molar refractivity (Wildman–Crippen MR) is 90.8 cm³/mol. The second-order valence-electron chi connectivity index (χ2n) is 5.08. The number of carbonyl (C=O) groups excluding carboxylic acids is 1. The Morgan fingerprint density at radius 3 is 2.83 bits per heavy atom. The van der Waals surface area contributed by atoms with E-state index in [1.807, 2.05) is 19.1 Å². The summed E-state index contributed by atoms with van der Waals surface area (Å²) in [6, 6.07) is 9.00. The number of methoxy groups -OCH3 is 1. The molecule has 1 amide bonds. The van der Waals surface area contributed by atoms with E-state index in [1.165, 1.54) is 0 Å². The fourth-order valence-corrected chi connectivity index (χ4v) is 3.02. The van der Waals surface area contributed by atoms with E-state index < -0.39 is 0 Å². The minimum Gasteiger partial charge on any atom is -0.495 e. The second kappa shape index (κ2) is 6.50. The van der Waals surface area contributed by atoms with Gasteiger partial charge in [-0.05, 0) is 36.8 Å². The van der Waals surface area contributed by atoms with Crippen LogP contribution in [0.1, 0.15) is 15.9 Å². The van der Waals surface area contributed by atoms with Gasteiger partial charge in [0.05, 0.1) is 18.4 Å². The van der Waals surface area contributed by atoms with Crippen molar-refractivity contribution in [3.63, 3.8) is 0 Å². The lowest BCUT2D eigenvalue weighted by molar-refractivity contribution is 0.101. The number of ether oxygens (including phenoxy) is 3. The summed E-state index contributed by atoms with van der Waals surface area (Å²) in [4.78, 5) is 12.7. The van der Waals surface area contributed by atoms with E-state index in [9.17, 15) is 4.79 Å². The number of nitrogens with one attached hydrogen (secondary N) is 1. The molecule has 120 valence electrons. The molecule has 1 aliphatic heterocycles. The van der Waals surface area contributed by atoms with Crippen LogP contribution in [0, 0.1) is 6.92 Å². The first-order valence-corrected chi connectivity index (χ1v) is 7.93. The van der Waals surface area contributed by atoms with Gasteiger partial charge in [-0.25, -0.2) is 0 Å². The summed E-state index contributed by atoms with van der Waals surface area (Å²) in [5.41, 5.74) is 1.97. The lowest BCUT2D eigenvalue weighted by Gasteiger charge is -2.21. The third-order valence-corrected chi connectivity index (χ3v) is 3.99. The maximum atomic E-state index is 12.7. The number of benzene rings is 2. The van der Waals surface area contributed by atoms with Crippen LogP contribution in [0.15, 0.2) is 34.8 Å². The number of para-hydroxylation sites is 1. The SMILES string of the molecule is COc1cc(Br)cc(C)c1NC(=O)c1cccc2c1OCCO2. The molecule has 0 saturated carbocycles. The number of hydrogen-bond acceptors (Lipinski definition) is 4. The minimum absolute atomic E-state index is 0.268. The number of aryl methyl sites for hydroxylation is 1. The van der Waals surface area contributed by atoms with Crippen molar-refractivity contribution in [2.45, 2.75) is 6.92 Å². The smallest absolute Gasteiger partial charge is 0.259 e. The van der Waals surface area contributed by atoms with E-state index in [4.69, 9.17) is 14.2 Å². The quantitative estimate of drug-likeness (QED) is 0.883. The highest BCUT2D eigenvalue weighted by Crippen LogP contribution is 2.36. The summed E-state index contributed by atoms with van der Waals surface area (Å²) < 4.78 is 17.4. The van der Waals surface area contributed by atoms with E-state index in [-0.39, 0.29) is 5.91 Å². The van der Waals surface area contributed by atoms with Gasteiger partial charge in [0, 0.05) is 4.47 Å². The molecule has 1 aliphatic rings. The third kappa shape index (κ3) is 3.12. The Kier molecular flexibility index (Phi) is 4.43. The summed E-state index contributed by atoms with van der Waals surface area (Å²) in [5.74, 6) is 1.39. The molecule has 6 heteroatoms. The van der Waals surface area contributed by atoms with E-state index >= 15 is 0 Å². The Labute approximate surface area is 142 Å². The summed E-state index contributed by atoms with van der Waals surface area (Å²) in [6.07, 6.45) is 0. The monoisotopic (exact) mass is 377 g/mol. The molecule has 2 aromatic rings. The molecule has 1 N–H and O–H groups in total. The maximum Gasteiger partial charge on any atom is 0.259 e. The molecular weight excluding hydrogens is 362 g/mol. The van der Waals surface area contributed by atoms with Gasteiger partial charge in [-0.3, -0.25) is 4.79 Å². The average Bonchev–Trinajstić information content (AvgIpc) is 2.56. The van der Waals surface area contributed by atoms with Gasteiger partial charge in [0.2, 0.25) is 0 Å². The molecular formula is C17H16BrNO4. The summed E-state index contributed by atoms with van der Waals surface area (Å²) >= 11 is 3.42. The normalized spacial score (nSPS) is 12.7. The topological polar surface area (TPSA) is 56.8 Å². The van der Waals surface area contributed by atoms with Crippen LogP contribution in [0.2, 0.25) is 0 Å². The molecule has 0 spiro atoms. The summed E-state index contributed by atoms with van der Waals surface area (Å²) in [7, 11) is 1.57. The molecule has 0 radical (unpaired) electrons. The second-order valence-corrected chi connectivity index (χ2v) is 6.00. The van der Waals surface area contributed by atoms with Gasteiger partial charge in [-0.15, -0.1) is 0 Å². The van der Waals surface area contributed by atoms with Gasteiger partial charge >= 0.3 is 0 Å². The van der Waals surface area contributed by atoms with Crippen molar-refractivity contribution in [3.8, 4) is 17.2 Å². The Morgan fingerprint density at radius 1 is 1.26 bits per heavy atom. The van der Waals surface area contributed by atoms with Crippen molar-refractivity contribution in [2.24, 2.45) is 0 Å². The van der Waals surface area contributed by atoms with Crippen molar-refractivity contribution >= 4 is 27.5 Å². The predicted octanol–water partition coefficient (Wildman–Crippen LogP) is 3.79. The first-order chi connectivity index (χ1) is 11.1. The lowest BCUT2D eigenvalue weighted by atomic mass is 10.1. The van der Waals surface area contributed by atoms with Gasteiger partial charge in [-0.1, -0.05) is 22.0 Å². The molecule has 3 rings (SSSR count). The molecule has 5 nitrogen and oxygen atoms in total. The molecule has 0 saturated heterocycles. The van der Waals surface area contributed by atoms with Gasteiger partial charge < -0.3 is 19.5 Å². The van der Waals surface area contributed by atoms with Crippen molar-refractivity contribution in [3.05, 3.63) is 45.9 Å². The maximum absolute atomic E-state index is 12.7. The van der Waals surface area contributed by atoms with E-state index in [2.05, 4.69) is 21.2 Å². The molecule has 2 aromatic carbocycles. The van der Waals surface area contributed by atoms with Crippen LogP contribution in [-0.4, -0.2) is 26.2 Å². The molecule has 1 heterocycles. The fourth-order valence-electron chi connectivity index (χ4n) is 2.47. The standard InChI is InChI=1S/C17H16BrNO4/c1-10-8-11(18)9-14(21-2)15(10)19-17(20)12-4-3-5-13-16(12)23-7-6-22-13/h3-5,8-9H,6-7H2,1-2H3,(H,19,20). The number of fused-ring (bicyclic) bond motifs is 1. The molecule has 0 fully saturated rings. The van der Waals surface area contributed by atoms with Crippen LogP contribution in [0.25, 0.3) is 0 Å². The third-order valence-electron chi connectivity index (χ3n) is 3.53. The van der Waals surface area contributed by atoms with Gasteiger partial charge in [0.25, 0.3) is 5.91 Å². The van der Waals surface area contributed by atoms with E-state index in [0.29, 0.717) is 41.7 Å². The van der Waals surface area contributed by atoms with Crippen LogP contribution in [0.4, 0.5) is 5.69 Å². The molecule has 0 aliphatic carbocycles. The number of rotatable bonds is 3. The molecule has 0 aromatic heterocycles. The highest BCUT2D eigenvalue weighted by molar-refractivity contribution is 9.10. The zero-order chi connectivity index (χ0) is 16.4.